The maximum absolute atomic E-state index is 12.9. The lowest BCUT2D eigenvalue weighted by Gasteiger charge is -2.41. The van der Waals surface area contributed by atoms with Crippen LogP contribution in [0.2, 0.25) is 0 Å². The molecule has 2 aliphatic heterocycles. The molecule has 8 N–H and O–H groups in total. The molecule has 1 aliphatic carbocycles. The number of nitrogens with one attached hydrogen (secondary N) is 2. The fourth-order valence-corrected chi connectivity index (χ4v) is 5.51. The van der Waals surface area contributed by atoms with Crippen molar-refractivity contribution < 1.29 is 54.4 Å². The minimum atomic E-state index is -1.48. The number of carbonyl (C=O) groups excluding carboxylic acids is 1. The van der Waals surface area contributed by atoms with Crippen LogP contribution >= 0.6 is 0 Å². The summed E-state index contributed by atoms with van der Waals surface area (Å²) < 4.78 is 22.0. The first-order valence-corrected chi connectivity index (χ1v) is 14.3. The number of hydrogen-bond acceptors (Lipinski definition) is 12. The van der Waals surface area contributed by atoms with Crippen LogP contribution in [-0.4, -0.2) is 111 Å². The monoisotopic (exact) mass is 614 g/mol. The maximum Gasteiger partial charge on any atom is 0.247 e. The number of aliphatic hydroxyl groups excluding tert-OH is 5. The Morgan fingerprint density at radius 2 is 1.64 bits per heavy atom. The van der Waals surface area contributed by atoms with Gasteiger partial charge in [-0.05, 0) is 55.3 Å². The highest BCUT2D eigenvalue weighted by atomic mass is 16.7. The number of fused-ring (bicyclic) bond motifs is 1. The number of phenols is 1. The molecule has 10 atom stereocenters. The van der Waals surface area contributed by atoms with Crippen LogP contribution < -0.4 is 15.4 Å². The number of anilines is 1. The standard InChI is InChI=1S/C31H38N2O11/c1-15(10-11-32-18-6-4-3-5-7-18)27-25(38)26(39)31(44-27)43-20-9-8-17(13-19(20)34)12-16(2)30(40)33-21-22(35)24(37)29-28(23(21)36)41-14-42-29/h3-10,12-13,21-29,31-32,34-39H,11,14H2,1-2H3,(H,33,40)/t21-,22+,23-,24+,25+,26+,27-,28+,29-,31-/m1/s1. The van der Waals surface area contributed by atoms with Crippen LogP contribution in [0.3, 0.4) is 0 Å². The molecule has 0 radical (unpaired) electrons. The van der Waals surface area contributed by atoms with E-state index in [1.165, 1.54) is 25.1 Å². The van der Waals surface area contributed by atoms with E-state index in [1.54, 1.807) is 13.0 Å². The second kappa shape index (κ2) is 13.6. The summed E-state index contributed by atoms with van der Waals surface area (Å²) in [6.07, 6.45) is -7.35. The van der Waals surface area contributed by atoms with E-state index in [9.17, 15) is 35.4 Å². The third kappa shape index (κ3) is 6.75. The molecule has 13 heteroatoms. The number of carbonyl (C=O) groups is 1. The van der Waals surface area contributed by atoms with Gasteiger partial charge in [0.2, 0.25) is 12.2 Å². The Balaban J connectivity index is 1.18. The molecule has 44 heavy (non-hydrogen) atoms. The van der Waals surface area contributed by atoms with Crippen molar-refractivity contribution in [2.45, 2.75) is 75.0 Å². The molecule has 0 aromatic heterocycles. The molecule has 0 bridgehead atoms. The SMILES string of the molecule is CC(=Cc1ccc(O[C@@H]2O[C@H](C(C)=CCNc3ccccc3)[C@@H](O)[C@@H]2O)c(O)c1)C(=O)N[C@@H]1[C@H](O)[C@H](O)[C@H]2OCO[C@H]2[C@@H]1O. The van der Waals surface area contributed by atoms with Crippen LogP contribution in [-0.2, 0) is 19.0 Å². The van der Waals surface area contributed by atoms with Crippen LogP contribution in [0.25, 0.3) is 6.08 Å². The number of amides is 1. The highest BCUT2D eigenvalue weighted by molar-refractivity contribution is 5.97. The molecule has 3 aliphatic rings. The van der Waals surface area contributed by atoms with Gasteiger partial charge in [-0.1, -0.05) is 30.3 Å². The van der Waals surface area contributed by atoms with Crippen LogP contribution in [0.1, 0.15) is 19.4 Å². The molecule has 13 nitrogen and oxygen atoms in total. The molecule has 238 valence electrons. The Kier molecular flexibility index (Phi) is 9.87. The first-order valence-electron chi connectivity index (χ1n) is 14.3. The number of benzene rings is 2. The Morgan fingerprint density at radius 3 is 2.34 bits per heavy atom. The van der Waals surface area contributed by atoms with Crippen LogP contribution in [0.15, 0.2) is 65.8 Å². The summed E-state index contributed by atoms with van der Waals surface area (Å²) in [4.78, 5) is 12.9. The van der Waals surface area contributed by atoms with Crippen molar-refractivity contribution in [3.05, 3.63) is 71.3 Å². The second-order valence-corrected chi connectivity index (χ2v) is 11.1. The molecular formula is C31H38N2O11. The third-order valence-corrected chi connectivity index (χ3v) is 8.04. The molecule has 0 spiro atoms. The van der Waals surface area contributed by atoms with Gasteiger partial charge in [-0.3, -0.25) is 4.79 Å². The molecule has 1 saturated carbocycles. The van der Waals surface area contributed by atoms with Gasteiger partial charge in [0.15, 0.2) is 11.5 Å². The minimum absolute atomic E-state index is 0.00990. The van der Waals surface area contributed by atoms with Gasteiger partial charge in [-0.25, -0.2) is 0 Å². The van der Waals surface area contributed by atoms with Gasteiger partial charge in [-0.2, -0.15) is 0 Å². The van der Waals surface area contributed by atoms with Crippen molar-refractivity contribution in [2.24, 2.45) is 0 Å². The number of aliphatic hydroxyl groups is 5. The predicted octanol–water partition coefficient (Wildman–Crippen LogP) is 0.00200. The molecule has 5 rings (SSSR count). The minimum Gasteiger partial charge on any atom is -0.504 e. The zero-order valence-electron chi connectivity index (χ0n) is 24.2. The van der Waals surface area contributed by atoms with Crippen molar-refractivity contribution in [1.29, 1.82) is 0 Å². The summed E-state index contributed by atoms with van der Waals surface area (Å²) in [5, 5.41) is 68.9. The molecule has 0 unspecified atom stereocenters. The van der Waals surface area contributed by atoms with Gasteiger partial charge in [0, 0.05) is 17.8 Å². The van der Waals surface area contributed by atoms with E-state index in [1.807, 2.05) is 36.4 Å². The van der Waals surface area contributed by atoms with E-state index in [0.29, 0.717) is 17.7 Å². The van der Waals surface area contributed by atoms with Crippen LogP contribution in [0.4, 0.5) is 5.69 Å². The number of rotatable bonds is 9. The number of para-hydroxylation sites is 1. The Hall–Kier alpha value is -3.53. The normalized spacial score (nSPS) is 34.0. The van der Waals surface area contributed by atoms with Crippen molar-refractivity contribution in [1.82, 2.24) is 5.32 Å². The number of phenolic OH excluding ortho intramolecular Hbond substituents is 1. The second-order valence-electron chi connectivity index (χ2n) is 11.1. The number of hydrogen-bond donors (Lipinski definition) is 8. The van der Waals surface area contributed by atoms with E-state index in [0.717, 1.165) is 5.69 Å². The molecule has 1 amide bonds. The van der Waals surface area contributed by atoms with Gasteiger partial charge in [0.05, 0.1) is 6.04 Å². The number of aromatic hydroxyl groups is 1. The van der Waals surface area contributed by atoms with Crippen molar-refractivity contribution in [2.75, 3.05) is 18.7 Å². The topological polar surface area (TPSA) is 199 Å². The van der Waals surface area contributed by atoms with Gasteiger partial charge in [0.1, 0.15) is 55.6 Å². The van der Waals surface area contributed by atoms with E-state index < -0.39 is 67.1 Å². The van der Waals surface area contributed by atoms with Crippen molar-refractivity contribution in [3.8, 4) is 11.5 Å². The first kappa shape index (κ1) is 31.9. The van der Waals surface area contributed by atoms with Crippen molar-refractivity contribution in [3.63, 3.8) is 0 Å². The molecule has 2 aromatic carbocycles. The van der Waals surface area contributed by atoms with E-state index in [2.05, 4.69) is 10.6 Å². The van der Waals surface area contributed by atoms with Gasteiger partial charge >= 0.3 is 0 Å². The molecule has 2 heterocycles. The van der Waals surface area contributed by atoms with Crippen LogP contribution in [0, 0.1) is 0 Å². The van der Waals surface area contributed by atoms with Gasteiger partial charge in [0.25, 0.3) is 0 Å². The summed E-state index contributed by atoms with van der Waals surface area (Å²) >= 11 is 0. The third-order valence-electron chi connectivity index (χ3n) is 8.04. The van der Waals surface area contributed by atoms with E-state index >= 15 is 0 Å². The molecular weight excluding hydrogens is 576 g/mol. The van der Waals surface area contributed by atoms with E-state index in [4.69, 9.17) is 18.9 Å². The first-order chi connectivity index (χ1) is 21.0. The summed E-state index contributed by atoms with van der Waals surface area (Å²) in [6.45, 7) is 3.61. The zero-order valence-corrected chi connectivity index (χ0v) is 24.2. The summed E-state index contributed by atoms with van der Waals surface area (Å²) in [7, 11) is 0. The molecule has 2 aromatic rings. The lowest BCUT2D eigenvalue weighted by Crippen LogP contribution is -2.67. The lowest BCUT2D eigenvalue weighted by molar-refractivity contribution is -0.155. The fraction of sp³-hybridized carbons (Fsp3) is 0.452. The summed E-state index contributed by atoms with van der Waals surface area (Å²) in [5.41, 5.74) is 2.23. The molecule has 3 fully saturated rings. The van der Waals surface area contributed by atoms with Crippen LogP contribution in [0.5, 0.6) is 11.5 Å². The average Bonchev–Trinajstić information content (AvgIpc) is 3.61. The maximum atomic E-state index is 12.9. The van der Waals surface area contributed by atoms with E-state index in [-0.39, 0.29) is 23.9 Å². The highest BCUT2D eigenvalue weighted by Crippen LogP contribution is 2.34. The smallest absolute Gasteiger partial charge is 0.247 e. The zero-order chi connectivity index (χ0) is 31.5. The molecule has 2 saturated heterocycles. The lowest BCUT2D eigenvalue weighted by atomic mass is 9.83. The fourth-order valence-electron chi connectivity index (χ4n) is 5.51. The Labute approximate surface area is 254 Å². The predicted molar refractivity (Wildman–Crippen MR) is 156 cm³/mol. The average molecular weight is 615 g/mol. The summed E-state index contributed by atoms with van der Waals surface area (Å²) in [6, 6.07) is 12.7. The van der Waals surface area contributed by atoms with Gasteiger partial charge < -0.3 is 60.2 Å². The largest absolute Gasteiger partial charge is 0.504 e. The highest BCUT2D eigenvalue weighted by Gasteiger charge is 2.53. The quantitative estimate of drug-likeness (QED) is 0.139. The Bertz CT molecular complexity index is 1370. The summed E-state index contributed by atoms with van der Waals surface area (Å²) in [5.74, 6) is -0.933. The van der Waals surface area contributed by atoms with Crippen molar-refractivity contribution >= 4 is 17.7 Å². The number of ether oxygens (including phenoxy) is 4. The van der Waals surface area contributed by atoms with Gasteiger partial charge in [-0.15, -0.1) is 0 Å². The Morgan fingerprint density at radius 1 is 0.932 bits per heavy atom.